The highest BCUT2D eigenvalue weighted by Gasteiger charge is 2.35. The normalized spacial score (nSPS) is 16.0. The molecule has 0 bridgehead atoms. The Morgan fingerprint density at radius 1 is 1.19 bits per heavy atom. The predicted octanol–water partition coefficient (Wildman–Crippen LogP) is 1.90. The number of benzene rings is 2. The average molecular weight is 493 g/mol. The van der Waals surface area contributed by atoms with Crippen molar-refractivity contribution in [3.05, 3.63) is 53.1 Å². The van der Waals surface area contributed by atoms with Gasteiger partial charge in [-0.2, -0.15) is 17.5 Å². The molecule has 7 nitrogen and oxygen atoms in total. The van der Waals surface area contributed by atoms with Crippen molar-refractivity contribution in [3.8, 4) is 5.75 Å². The fraction of sp³-hybridized carbons (Fsp3) is 0.350. The number of anilines is 1. The largest absolute Gasteiger partial charge is 0.495 e. The molecule has 0 aliphatic carbocycles. The second kappa shape index (κ2) is 9.65. The number of para-hydroxylation sites is 1. The monoisotopic (exact) mass is 492 g/mol. The molecule has 12 heteroatoms. The Morgan fingerprint density at radius 2 is 1.84 bits per heavy atom. The first-order chi connectivity index (χ1) is 15.0. The van der Waals surface area contributed by atoms with Crippen molar-refractivity contribution in [1.29, 1.82) is 0 Å². The van der Waals surface area contributed by atoms with Gasteiger partial charge in [-0.25, -0.2) is 8.42 Å². The third-order valence-corrected chi connectivity index (χ3v) is 7.25. The molecule has 1 aliphatic heterocycles. The molecule has 0 atom stereocenters. The zero-order valence-corrected chi connectivity index (χ0v) is 18.6. The van der Waals surface area contributed by atoms with Crippen molar-refractivity contribution in [3.63, 3.8) is 0 Å². The van der Waals surface area contributed by atoms with Gasteiger partial charge < -0.3 is 15.0 Å². The summed E-state index contributed by atoms with van der Waals surface area (Å²) in [5.41, 5.74) is -1.23. The Labute approximate surface area is 188 Å². The second-order valence-corrected chi connectivity index (χ2v) is 9.56. The molecule has 1 aliphatic rings. The van der Waals surface area contributed by atoms with Gasteiger partial charge in [0.2, 0.25) is 10.0 Å². The van der Waals surface area contributed by atoms with Crippen LogP contribution in [-0.2, 0) is 21.0 Å². The summed E-state index contributed by atoms with van der Waals surface area (Å²) in [5, 5.41) is 2.56. The quantitative estimate of drug-likeness (QED) is 0.645. The fourth-order valence-electron chi connectivity index (χ4n) is 3.47. The first-order valence-electron chi connectivity index (χ1n) is 9.65. The Balaban J connectivity index is 1.62. The predicted molar refractivity (Wildman–Crippen MR) is 112 cm³/mol. The van der Waals surface area contributed by atoms with Gasteiger partial charge in [-0.05, 0) is 30.3 Å². The van der Waals surface area contributed by atoms with Crippen molar-refractivity contribution < 1.29 is 36.0 Å². The average Bonchev–Trinajstić information content (AvgIpc) is 2.73. The van der Waals surface area contributed by atoms with E-state index in [0.29, 0.717) is 13.1 Å². The summed E-state index contributed by atoms with van der Waals surface area (Å²) in [7, 11) is -2.50. The minimum absolute atomic E-state index is 0.0440. The van der Waals surface area contributed by atoms with Crippen molar-refractivity contribution in [2.24, 2.45) is 0 Å². The maximum atomic E-state index is 13.1. The van der Waals surface area contributed by atoms with Gasteiger partial charge in [0.15, 0.2) is 6.54 Å². The van der Waals surface area contributed by atoms with Crippen LogP contribution in [0, 0.1) is 0 Å². The van der Waals surface area contributed by atoms with Crippen LogP contribution in [0.1, 0.15) is 5.56 Å². The maximum Gasteiger partial charge on any atom is 0.418 e. The Hall–Kier alpha value is -2.34. The minimum atomic E-state index is -4.59. The number of alkyl halides is 3. The van der Waals surface area contributed by atoms with Gasteiger partial charge in [0.25, 0.3) is 5.91 Å². The molecule has 0 saturated carbocycles. The van der Waals surface area contributed by atoms with Gasteiger partial charge in [0.1, 0.15) is 10.6 Å². The molecule has 0 unspecified atom stereocenters. The molecule has 174 valence electrons. The number of hydrogen-bond acceptors (Lipinski definition) is 4. The molecule has 1 heterocycles. The number of ether oxygens (including phenoxy) is 1. The Kier molecular flexibility index (Phi) is 7.33. The molecule has 1 amide bonds. The van der Waals surface area contributed by atoms with Crippen LogP contribution < -0.4 is 15.0 Å². The van der Waals surface area contributed by atoms with Gasteiger partial charge in [-0.1, -0.05) is 23.7 Å². The van der Waals surface area contributed by atoms with Crippen LogP contribution in [0.25, 0.3) is 0 Å². The smallest absolute Gasteiger partial charge is 0.418 e. The van der Waals surface area contributed by atoms with Crippen LogP contribution in [-0.4, -0.2) is 58.5 Å². The van der Waals surface area contributed by atoms with E-state index in [9.17, 15) is 26.4 Å². The summed E-state index contributed by atoms with van der Waals surface area (Å²) in [6.45, 7) is 0.826. The SMILES string of the molecule is COc1ccc(Cl)cc1S(=O)(=O)N1CC[NH+](CC(=O)Nc2ccccc2C(F)(F)F)CC1. The number of quaternary nitrogens is 1. The molecule has 0 radical (unpaired) electrons. The van der Waals surface area contributed by atoms with Gasteiger partial charge in [-0.3, -0.25) is 4.79 Å². The van der Waals surface area contributed by atoms with E-state index in [1.165, 1.54) is 47.8 Å². The Morgan fingerprint density at radius 3 is 2.47 bits per heavy atom. The fourth-order valence-corrected chi connectivity index (χ4v) is 5.33. The number of nitrogens with one attached hydrogen (secondary N) is 2. The molecule has 3 rings (SSSR count). The van der Waals surface area contributed by atoms with Crippen LogP contribution >= 0.6 is 11.6 Å². The third kappa shape index (κ3) is 5.52. The van der Waals surface area contributed by atoms with Crippen LogP contribution in [0.3, 0.4) is 0 Å². The molecule has 1 fully saturated rings. The highest BCUT2D eigenvalue weighted by molar-refractivity contribution is 7.89. The van der Waals surface area contributed by atoms with Crippen molar-refractivity contribution in [1.82, 2.24) is 4.31 Å². The first kappa shape index (κ1) is 24.3. The lowest BCUT2D eigenvalue weighted by Crippen LogP contribution is -3.15. The molecule has 0 aromatic heterocycles. The number of methoxy groups -OCH3 is 1. The van der Waals surface area contributed by atoms with Crippen LogP contribution in [0.15, 0.2) is 47.4 Å². The van der Waals surface area contributed by atoms with E-state index >= 15 is 0 Å². The summed E-state index contributed by atoms with van der Waals surface area (Å²) in [6.07, 6.45) is -4.59. The number of piperazine rings is 1. The summed E-state index contributed by atoms with van der Waals surface area (Å²) < 4.78 is 71.7. The summed E-state index contributed by atoms with van der Waals surface area (Å²) >= 11 is 5.95. The lowest BCUT2D eigenvalue weighted by atomic mass is 10.1. The van der Waals surface area contributed by atoms with Gasteiger partial charge in [-0.15, -0.1) is 0 Å². The zero-order chi connectivity index (χ0) is 23.5. The number of carbonyl (C=O) groups excluding carboxylic acids is 1. The van der Waals surface area contributed by atoms with E-state index in [4.69, 9.17) is 16.3 Å². The zero-order valence-electron chi connectivity index (χ0n) is 17.1. The van der Waals surface area contributed by atoms with Crippen LogP contribution in [0.5, 0.6) is 5.75 Å². The number of sulfonamides is 1. The van der Waals surface area contributed by atoms with Gasteiger partial charge >= 0.3 is 6.18 Å². The summed E-state index contributed by atoms with van der Waals surface area (Å²) in [5.74, 6) is -0.406. The molecular formula is C20H22ClF3N3O4S+. The topological polar surface area (TPSA) is 80.2 Å². The van der Waals surface area contributed by atoms with Crippen molar-refractivity contribution in [2.45, 2.75) is 11.1 Å². The van der Waals surface area contributed by atoms with Crippen molar-refractivity contribution >= 4 is 33.2 Å². The molecule has 0 spiro atoms. The number of nitrogens with zero attached hydrogens (tertiary/aromatic N) is 1. The van der Waals surface area contributed by atoms with Crippen LogP contribution in [0.4, 0.5) is 18.9 Å². The molecule has 1 saturated heterocycles. The molecule has 2 N–H and O–H groups in total. The maximum absolute atomic E-state index is 13.1. The van der Waals surface area contributed by atoms with Crippen molar-refractivity contribution in [2.75, 3.05) is 45.2 Å². The highest BCUT2D eigenvalue weighted by atomic mass is 35.5. The van der Waals surface area contributed by atoms with E-state index in [1.807, 2.05) is 0 Å². The highest BCUT2D eigenvalue weighted by Crippen LogP contribution is 2.34. The molecule has 2 aromatic carbocycles. The van der Waals surface area contributed by atoms with E-state index < -0.39 is 27.7 Å². The van der Waals surface area contributed by atoms with E-state index in [-0.39, 0.29) is 41.0 Å². The van der Waals surface area contributed by atoms with E-state index in [2.05, 4.69) is 5.32 Å². The number of amides is 1. The molecular weight excluding hydrogens is 471 g/mol. The number of carbonyl (C=O) groups is 1. The minimum Gasteiger partial charge on any atom is -0.495 e. The van der Waals surface area contributed by atoms with Crippen LogP contribution in [0.2, 0.25) is 5.02 Å². The molecule has 2 aromatic rings. The Bertz CT molecular complexity index is 1090. The number of halogens is 4. The molecule has 32 heavy (non-hydrogen) atoms. The standard InChI is InChI=1S/C20H21ClF3N3O4S/c1-31-17-7-6-14(21)12-18(17)32(29,30)27-10-8-26(9-11-27)13-19(28)25-16-5-3-2-4-15(16)20(22,23)24/h2-7,12H,8-11,13H2,1H3,(H,25,28)/p+1. The van der Waals surface area contributed by atoms with Gasteiger partial charge in [0, 0.05) is 5.02 Å². The van der Waals surface area contributed by atoms with Gasteiger partial charge in [0.05, 0.1) is 44.5 Å². The first-order valence-corrected chi connectivity index (χ1v) is 11.5. The number of rotatable bonds is 6. The third-order valence-electron chi connectivity index (χ3n) is 5.09. The summed E-state index contributed by atoms with van der Waals surface area (Å²) in [6, 6.07) is 9.07. The lowest BCUT2D eigenvalue weighted by molar-refractivity contribution is -0.895. The second-order valence-electron chi connectivity index (χ2n) is 7.22. The van der Waals surface area contributed by atoms with E-state index in [1.54, 1.807) is 0 Å². The summed E-state index contributed by atoms with van der Waals surface area (Å²) in [4.78, 5) is 13.0. The number of hydrogen-bond donors (Lipinski definition) is 2. The van der Waals surface area contributed by atoms with E-state index in [0.717, 1.165) is 11.0 Å². The lowest BCUT2D eigenvalue weighted by Gasteiger charge is -2.31.